The molecule has 26 heavy (non-hydrogen) atoms. The molecule has 1 aromatic rings. The molecule has 2 aliphatic carbocycles. The second-order valence-corrected chi connectivity index (χ2v) is 9.31. The molecule has 5 heterocycles. The molecule has 140 valence electrons. The molecule has 1 spiro atoms. The lowest BCUT2D eigenvalue weighted by Crippen LogP contribution is -2.66. The summed E-state index contributed by atoms with van der Waals surface area (Å²) >= 11 is 0. The summed E-state index contributed by atoms with van der Waals surface area (Å²) in [7, 11) is 0. The summed E-state index contributed by atoms with van der Waals surface area (Å²) in [4.78, 5) is 12.7. The van der Waals surface area contributed by atoms with E-state index in [-0.39, 0.29) is 41.5 Å². The highest BCUT2D eigenvalue weighted by atomic mass is 16.7. The van der Waals surface area contributed by atoms with E-state index in [1.165, 1.54) is 0 Å². The minimum atomic E-state index is -1.03. The second kappa shape index (κ2) is 4.54. The molecule has 4 bridgehead atoms. The highest BCUT2D eigenvalue weighted by molar-refractivity contribution is 5.77. The molecule has 0 radical (unpaired) electrons. The first-order valence-corrected chi connectivity index (χ1v) is 9.64. The van der Waals surface area contributed by atoms with Gasteiger partial charge in [0.25, 0.3) is 0 Å². The number of esters is 1. The molecular formula is C20H24O6. The number of furan rings is 1. The highest BCUT2D eigenvalue weighted by Crippen LogP contribution is 2.74. The summed E-state index contributed by atoms with van der Waals surface area (Å²) in [5.41, 5.74) is -0.895. The van der Waals surface area contributed by atoms with E-state index in [2.05, 4.69) is 6.92 Å². The normalized spacial score (nSPS) is 57.0. The van der Waals surface area contributed by atoms with Gasteiger partial charge in [-0.2, -0.15) is 0 Å². The Morgan fingerprint density at radius 3 is 2.81 bits per heavy atom. The molecule has 1 N–H and O–H groups in total. The van der Waals surface area contributed by atoms with Gasteiger partial charge in [0, 0.05) is 17.4 Å². The van der Waals surface area contributed by atoms with Crippen LogP contribution in [0, 0.1) is 22.7 Å². The predicted octanol–water partition coefficient (Wildman–Crippen LogP) is 2.56. The van der Waals surface area contributed by atoms with E-state index in [0.717, 1.165) is 18.4 Å². The molecule has 0 aromatic carbocycles. The van der Waals surface area contributed by atoms with E-state index >= 15 is 0 Å². The van der Waals surface area contributed by atoms with E-state index in [0.29, 0.717) is 12.8 Å². The van der Waals surface area contributed by atoms with Crippen LogP contribution in [0.1, 0.15) is 51.2 Å². The van der Waals surface area contributed by atoms with Crippen LogP contribution in [-0.2, 0) is 19.0 Å². The Bertz CT molecular complexity index is 771. The smallest absolute Gasteiger partial charge is 0.312 e. The summed E-state index contributed by atoms with van der Waals surface area (Å²) in [5.74, 6) is -0.284. The Morgan fingerprint density at radius 2 is 2.04 bits per heavy atom. The van der Waals surface area contributed by atoms with Crippen LogP contribution >= 0.6 is 0 Å². The van der Waals surface area contributed by atoms with Crippen LogP contribution < -0.4 is 0 Å². The first-order valence-electron chi connectivity index (χ1n) is 9.64. The van der Waals surface area contributed by atoms with Gasteiger partial charge in [-0.25, -0.2) is 0 Å². The second-order valence-electron chi connectivity index (χ2n) is 9.31. The Hall–Kier alpha value is -1.37. The number of hydrogen-bond acceptors (Lipinski definition) is 6. The van der Waals surface area contributed by atoms with Gasteiger partial charge in [-0.1, -0.05) is 6.92 Å². The average Bonchev–Trinajstić information content (AvgIpc) is 3.24. The number of rotatable bonds is 1. The molecular weight excluding hydrogens is 336 g/mol. The van der Waals surface area contributed by atoms with Gasteiger partial charge in [0.15, 0.2) is 6.29 Å². The fourth-order valence-corrected chi connectivity index (χ4v) is 7.21. The number of fused-ring (bicyclic) bond motifs is 1. The monoisotopic (exact) mass is 360 g/mol. The van der Waals surface area contributed by atoms with Crippen LogP contribution in [0.5, 0.6) is 0 Å². The van der Waals surface area contributed by atoms with E-state index in [4.69, 9.17) is 18.6 Å². The Balaban J connectivity index is 1.54. The van der Waals surface area contributed by atoms with E-state index in [1.54, 1.807) is 12.5 Å². The topological polar surface area (TPSA) is 78.1 Å². The van der Waals surface area contributed by atoms with Gasteiger partial charge in [-0.3, -0.25) is 4.79 Å². The van der Waals surface area contributed by atoms with Crippen molar-refractivity contribution in [1.29, 1.82) is 0 Å². The molecule has 6 nitrogen and oxygen atoms in total. The summed E-state index contributed by atoms with van der Waals surface area (Å²) in [6.45, 7) is 4.06. The molecule has 1 aromatic heterocycles. The van der Waals surface area contributed by atoms with Gasteiger partial charge < -0.3 is 23.7 Å². The van der Waals surface area contributed by atoms with Gasteiger partial charge in [0.1, 0.15) is 6.10 Å². The van der Waals surface area contributed by atoms with Crippen molar-refractivity contribution >= 4 is 5.97 Å². The summed E-state index contributed by atoms with van der Waals surface area (Å²) in [6.07, 6.45) is 5.10. The van der Waals surface area contributed by atoms with Crippen LogP contribution in [0.25, 0.3) is 0 Å². The number of carbonyl (C=O) groups excluding carboxylic acids is 1. The number of ether oxygens (including phenoxy) is 3. The van der Waals surface area contributed by atoms with Crippen molar-refractivity contribution in [3.8, 4) is 0 Å². The van der Waals surface area contributed by atoms with Crippen LogP contribution in [0.15, 0.2) is 23.0 Å². The molecule has 6 heteroatoms. The Labute approximate surface area is 151 Å². The fourth-order valence-electron chi connectivity index (χ4n) is 7.21. The maximum absolute atomic E-state index is 12.7. The summed E-state index contributed by atoms with van der Waals surface area (Å²) in [6, 6.07) is 1.91. The van der Waals surface area contributed by atoms with Crippen molar-refractivity contribution in [2.45, 2.75) is 69.7 Å². The largest absolute Gasteiger partial charge is 0.472 e. The van der Waals surface area contributed by atoms with E-state index in [1.807, 2.05) is 13.0 Å². The molecule has 9 unspecified atom stereocenters. The number of hydrogen-bond donors (Lipinski definition) is 1. The van der Waals surface area contributed by atoms with E-state index in [9.17, 15) is 9.90 Å². The molecule has 2 saturated carbocycles. The van der Waals surface area contributed by atoms with Gasteiger partial charge in [0.05, 0.1) is 41.7 Å². The standard InChI is InChI=1S/C20H24O6/c1-18(22)8-14-19(2)13-4-3-11(15(19)16(21)26-14)24-17-20(13,18)7-12(25-17)10-5-6-23-9-10/h5-6,9,11-15,17,22H,3-4,7-8H2,1-2H3. The van der Waals surface area contributed by atoms with Gasteiger partial charge in [-0.05, 0) is 38.2 Å². The number of aliphatic hydroxyl groups is 1. The molecule has 9 atom stereocenters. The first-order chi connectivity index (χ1) is 12.4. The molecule has 4 saturated heterocycles. The summed E-state index contributed by atoms with van der Waals surface area (Å²) in [5, 5.41) is 11.7. The van der Waals surface area contributed by atoms with Crippen LogP contribution in [-0.4, -0.2) is 35.2 Å². The lowest BCUT2D eigenvalue weighted by Gasteiger charge is -2.60. The third-order valence-electron chi connectivity index (χ3n) is 8.39. The van der Waals surface area contributed by atoms with Crippen molar-refractivity contribution in [1.82, 2.24) is 0 Å². The van der Waals surface area contributed by atoms with Gasteiger partial charge in [0.2, 0.25) is 0 Å². The zero-order valence-electron chi connectivity index (χ0n) is 15.0. The van der Waals surface area contributed by atoms with Crippen molar-refractivity contribution in [3.05, 3.63) is 24.2 Å². The minimum absolute atomic E-state index is 0.126. The zero-order chi connectivity index (χ0) is 17.9. The minimum Gasteiger partial charge on any atom is -0.472 e. The van der Waals surface area contributed by atoms with Crippen molar-refractivity contribution in [2.75, 3.05) is 0 Å². The first kappa shape index (κ1) is 15.7. The van der Waals surface area contributed by atoms with Crippen LogP contribution in [0.4, 0.5) is 0 Å². The maximum atomic E-state index is 12.7. The zero-order valence-corrected chi connectivity index (χ0v) is 15.0. The average molecular weight is 360 g/mol. The highest BCUT2D eigenvalue weighted by Gasteiger charge is 2.79. The SMILES string of the molecule is CC12C3CC(C)(O)C45CC(c6ccoc6)OC4OC(CCC15)C2C(=O)O3. The molecule has 0 amide bonds. The molecule has 6 fully saturated rings. The van der Waals surface area contributed by atoms with Crippen molar-refractivity contribution in [2.24, 2.45) is 22.7 Å². The molecule has 7 rings (SSSR count). The maximum Gasteiger partial charge on any atom is 0.312 e. The van der Waals surface area contributed by atoms with Crippen LogP contribution in [0.2, 0.25) is 0 Å². The van der Waals surface area contributed by atoms with E-state index < -0.39 is 17.3 Å². The quantitative estimate of drug-likeness (QED) is 0.776. The lowest BCUT2D eigenvalue weighted by atomic mass is 9.43. The third-order valence-corrected chi connectivity index (χ3v) is 8.39. The number of carbonyl (C=O) groups is 1. The Morgan fingerprint density at radius 1 is 1.19 bits per heavy atom. The van der Waals surface area contributed by atoms with Crippen molar-refractivity contribution in [3.63, 3.8) is 0 Å². The fraction of sp³-hybridized carbons (Fsp3) is 0.750. The third kappa shape index (κ3) is 1.51. The predicted molar refractivity (Wildman–Crippen MR) is 87.7 cm³/mol. The summed E-state index contributed by atoms with van der Waals surface area (Å²) < 4.78 is 23.9. The Kier molecular flexibility index (Phi) is 2.74. The lowest BCUT2D eigenvalue weighted by molar-refractivity contribution is -0.262. The molecule has 4 aliphatic heterocycles. The van der Waals surface area contributed by atoms with Gasteiger partial charge in [-0.15, -0.1) is 0 Å². The molecule has 6 aliphatic rings. The van der Waals surface area contributed by atoms with Gasteiger partial charge >= 0.3 is 5.97 Å². The van der Waals surface area contributed by atoms with Crippen molar-refractivity contribution < 1.29 is 28.5 Å². The van der Waals surface area contributed by atoms with Crippen LogP contribution in [0.3, 0.4) is 0 Å².